The van der Waals surface area contributed by atoms with E-state index < -0.39 is 28.5 Å². The van der Waals surface area contributed by atoms with E-state index in [2.05, 4.69) is 5.32 Å². The Morgan fingerprint density at radius 3 is 1.93 bits per heavy atom. The van der Waals surface area contributed by atoms with E-state index in [0.717, 1.165) is 27.4 Å². The molecule has 3 aromatic carbocycles. The second kappa shape index (κ2) is 14.2. The molecule has 3 aromatic rings. The number of aryl methyl sites for hydroxylation is 2. The highest BCUT2D eigenvalue weighted by Gasteiger charge is 2.34. The van der Waals surface area contributed by atoms with Crippen molar-refractivity contribution in [3.63, 3.8) is 0 Å². The molecule has 0 heterocycles. The van der Waals surface area contributed by atoms with Gasteiger partial charge in [0.1, 0.15) is 18.3 Å². The van der Waals surface area contributed by atoms with Gasteiger partial charge in [0.05, 0.1) is 17.7 Å². The van der Waals surface area contributed by atoms with Gasteiger partial charge in [0.2, 0.25) is 11.8 Å². The van der Waals surface area contributed by atoms with Crippen molar-refractivity contribution in [2.24, 2.45) is 0 Å². The molecule has 0 bridgehead atoms. The van der Waals surface area contributed by atoms with E-state index in [1.54, 1.807) is 36.4 Å². The average Bonchev–Trinajstić information content (AvgIpc) is 2.97. The molecule has 0 radical (unpaired) electrons. The van der Waals surface area contributed by atoms with Crippen LogP contribution in [0.4, 0.5) is 5.69 Å². The van der Waals surface area contributed by atoms with Gasteiger partial charge in [0, 0.05) is 12.6 Å². The van der Waals surface area contributed by atoms with E-state index in [-0.39, 0.29) is 23.4 Å². The number of hydrogen-bond acceptors (Lipinski definition) is 5. The number of amides is 2. The molecule has 220 valence electrons. The van der Waals surface area contributed by atoms with Crippen molar-refractivity contribution in [2.75, 3.05) is 18.0 Å². The van der Waals surface area contributed by atoms with Crippen LogP contribution in [0.3, 0.4) is 0 Å². The Morgan fingerprint density at radius 1 is 0.854 bits per heavy atom. The molecule has 0 spiro atoms. The lowest BCUT2D eigenvalue weighted by Crippen LogP contribution is -2.53. The highest BCUT2D eigenvalue weighted by molar-refractivity contribution is 7.92. The van der Waals surface area contributed by atoms with Crippen LogP contribution in [0.5, 0.6) is 5.75 Å². The molecule has 9 heteroatoms. The zero-order valence-corrected chi connectivity index (χ0v) is 25.6. The predicted molar refractivity (Wildman–Crippen MR) is 162 cm³/mol. The molecule has 1 N–H and O–H groups in total. The normalized spacial score (nSPS) is 12.7. The van der Waals surface area contributed by atoms with Gasteiger partial charge in [-0.3, -0.25) is 13.9 Å². The van der Waals surface area contributed by atoms with Gasteiger partial charge in [-0.2, -0.15) is 0 Å². The third-order valence-corrected chi connectivity index (χ3v) is 8.90. The van der Waals surface area contributed by atoms with Gasteiger partial charge < -0.3 is 15.0 Å². The van der Waals surface area contributed by atoms with Crippen LogP contribution in [0.2, 0.25) is 0 Å². The first-order valence-electron chi connectivity index (χ1n) is 13.9. The summed E-state index contributed by atoms with van der Waals surface area (Å²) >= 11 is 0. The van der Waals surface area contributed by atoms with Crippen molar-refractivity contribution in [2.45, 2.75) is 71.0 Å². The Morgan fingerprint density at radius 2 is 1.41 bits per heavy atom. The molecule has 0 aromatic heterocycles. The van der Waals surface area contributed by atoms with Crippen LogP contribution in [0.25, 0.3) is 0 Å². The molecule has 0 aliphatic heterocycles. The van der Waals surface area contributed by atoms with Crippen molar-refractivity contribution in [1.29, 1.82) is 0 Å². The first-order valence-corrected chi connectivity index (χ1v) is 15.3. The molecule has 0 unspecified atom stereocenters. The van der Waals surface area contributed by atoms with Crippen LogP contribution in [0, 0.1) is 13.8 Å². The number of hydrogen-bond donors (Lipinski definition) is 1. The summed E-state index contributed by atoms with van der Waals surface area (Å²) in [6.45, 7) is 9.31. The number of ether oxygens (including phenoxy) is 1. The molecule has 0 aliphatic carbocycles. The molecular formula is C32H41N3O5S. The van der Waals surface area contributed by atoms with E-state index in [4.69, 9.17) is 4.74 Å². The summed E-state index contributed by atoms with van der Waals surface area (Å²) in [5.74, 6) is -0.221. The Labute approximate surface area is 244 Å². The van der Waals surface area contributed by atoms with Gasteiger partial charge in [-0.15, -0.1) is 0 Å². The number of carbonyl (C=O) groups excluding carboxylic acids is 2. The second-order valence-corrected chi connectivity index (χ2v) is 12.1. The molecule has 8 nitrogen and oxygen atoms in total. The fraction of sp³-hybridized carbons (Fsp3) is 0.375. The fourth-order valence-corrected chi connectivity index (χ4v) is 5.78. The Kier molecular flexibility index (Phi) is 10.9. The van der Waals surface area contributed by atoms with Gasteiger partial charge >= 0.3 is 0 Å². The van der Waals surface area contributed by atoms with E-state index in [1.165, 1.54) is 24.1 Å². The Balaban J connectivity index is 2.05. The van der Waals surface area contributed by atoms with Crippen molar-refractivity contribution in [3.05, 3.63) is 89.5 Å². The van der Waals surface area contributed by atoms with Crippen LogP contribution in [-0.2, 0) is 26.2 Å². The standard InChI is InChI=1S/C32H41N3O5S/c1-7-25(5)33-32(37)30(8-2)34(21-26-13-9-23(3)10-14-26)31(36)22-35(27-15-11-24(4)12-16-27)41(38,39)29-19-17-28(40-6)18-20-29/h9-20,25,30H,7-8,21-22H2,1-6H3,(H,33,37)/t25-,30-/m1/s1. The molecule has 0 saturated carbocycles. The smallest absolute Gasteiger partial charge is 0.264 e. The monoisotopic (exact) mass is 579 g/mol. The maximum Gasteiger partial charge on any atom is 0.264 e. The number of nitrogens with one attached hydrogen (secondary N) is 1. The summed E-state index contributed by atoms with van der Waals surface area (Å²) in [5, 5.41) is 2.99. The summed E-state index contributed by atoms with van der Waals surface area (Å²) in [6.07, 6.45) is 1.12. The summed E-state index contributed by atoms with van der Waals surface area (Å²) in [7, 11) is -2.64. The van der Waals surface area contributed by atoms with Crippen molar-refractivity contribution >= 4 is 27.5 Å². The highest BCUT2D eigenvalue weighted by atomic mass is 32.2. The molecule has 0 aliphatic rings. The number of rotatable bonds is 13. The second-order valence-electron chi connectivity index (χ2n) is 10.3. The number of nitrogens with zero attached hydrogens (tertiary/aromatic N) is 2. The first-order chi connectivity index (χ1) is 19.5. The topological polar surface area (TPSA) is 96.0 Å². The van der Waals surface area contributed by atoms with E-state index in [1.807, 2.05) is 58.9 Å². The summed E-state index contributed by atoms with van der Waals surface area (Å²) in [5.41, 5.74) is 3.23. The largest absolute Gasteiger partial charge is 0.497 e. The minimum Gasteiger partial charge on any atom is -0.497 e. The van der Waals surface area contributed by atoms with Crippen LogP contribution < -0.4 is 14.4 Å². The molecule has 2 atom stereocenters. The highest BCUT2D eigenvalue weighted by Crippen LogP contribution is 2.26. The van der Waals surface area contributed by atoms with Crippen LogP contribution >= 0.6 is 0 Å². The number of methoxy groups -OCH3 is 1. The minimum absolute atomic E-state index is 0.0262. The lowest BCUT2D eigenvalue weighted by atomic mass is 10.1. The molecule has 0 fully saturated rings. The lowest BCUT2D eigenvalue weighted by Gasteiger charge is -2.33. The zero-order chi connectivity index (χ0) is 30.2. The maximum absolute atomic E-state index is 14.1. The number of carbonyl (C=O) groups is 2. The molecule has 2 amide bonds. The summed E-state index contributed by atoms with van der Waals surface area (Å²) in [4.78, 5) is 29.0. The van der Waals surface area contributed by atoms with Crippen LogP contribution in [-0.4, -0.2) is 50.9 Å². The molecule has 3 rings (SSSR count). The third kappa shape index (κ3) is 8.10. The first kappa shape index (κ1) is 31.7. The minimum atomic E-state index is -4.14. The maximum atomic E-state index is 14.1. The summed E-state index contributed by atoms with van der Waals surface area (Å²) in [6, 6.07) is 19.9. The predicted octanol–water partition coefficient (Wildman–Crippen LogP) is 5.23. The van der Waals surface area contributed by atoms with Crippen molar-refractivity contribution in [3.8, 4) is 5.75 Å². The van der Waals surface area contributed by atoms with E-state index >= 15 is 0 Å². The Bertz CT molecular complexity index is 1410. The van der Waals surface area contributed by atoms with Gasteiger partial charge in [-0.05, 0) is 75.6 Å². The molecule has 41 heavy (non-hydrogen) atoms. The average molecular weight is 580 g/mol. The van der Waals surface area contributed by atoms with Crippen LogP contribution in [0.15, 0.2) is 77.7 Å². The van der Waals surface area contributed by atoms with Gasteiger partial charge in [0.15, 0.2) is 0 Å². The fourth-order valence-electron chi connectivity index (χ4n) is 4.37. The van der Waals surface area contributed by atoms with Gasteiger partial charge in [-0.1, -0.05) is 61.4 Å². The number of sulfonamides is 1. The molecule has 0 saturated heterocycles. The van der Waals surface area contributed by atoms with Crippen molar-refractivity contribution in [1.82, 2.24) is 10.2 Å². The SMILES string of the molecule is CC[C@@H](C)NC(=O)[C@@H](CC)N(Cc1ccc(C)cc1)C(=O)CN(c1ccc(C)cc1)S(=O)(=O)c1ccc(OC)cc1. The van der Waals surface area contributed by atoms with Gasteiger partial charge in [0.25, 0.3) is 10.0 Å². The Hall–Kier alpha value is -3.85. The van der Waals surface area contributed by atoms with E-state index in [9.17, 15) is 18.0 Å². The third-order valence-electron chi connectivity index (χ3n) is 7.11. The van der Waals surface area contributed by atoms with Crippen LogP contribution in [0.1, 0.15) is 50.3 Å². The van der Waals surface area contributed by atoms with E-state index in [0.29, 0.717) is 17.9 Å². The lowest BCUT2D eigenvalue weighted by molar-refractivity contribution is -0.140. The summed E-state index contributed by atoms with van der Waals surface area (Å²) < 4.78 is 34.2. The quantitative estimate of drug-likeness (QED) is 0.299. The van der Waals surface area contributed by atoms with Crippen molar-refractivity contribution < 1.29 is 22.7 Å². The number of anilines is 1. The zero-order valence-electron chi connectivity index (χ0n) is 24.8. The number of benzene rings is 3. The van der Waals surface area contributed by atoms with Gasteiger partial charge in [-0.25, -0.2) is 8.42 Å². The molecular weight excluding hydrogens is 538 g/mol.